The van der Waals surface area contributed by atoms with Crippen molar-refractivity contribution < 1.29 is 9.53 Å². The SMILES string of the molecule is CCc1cccc(OCC(=O)Nc2ccc(C)cc2N)c1. The molecule has 3 N–H and O–H groups in total. The maximum absolute atomic E-state index is 11.9. The fourth-order valence-electron chi connectivity index (χ4n) is 1.99. The van der Waals surface area contributed by atoms with Crippen molar-refractivity contribution >= 4 is 17.3 Å². The molecule has 0 saturated heterocycles. The molecule has 2 aromatic carbocycles. The summed E-state index contributed by atoms with van der Waals surface area (Å²) in [5.74, 6) is 0.467. The molecular formula is C17H20N2O2. The van der Waals surface area contributed by atoms with Crippen LogP contribution in [0, 0.1) is 6.92 Å². The van der Waals surface area contributed by atoms with Gasteiger partial charge in [-0.15, -0.1) is 0 Å². The summed E-state index contributed by atoms with van der Waals surface area (Å²) < 4.78 is 5.49. The molecule has 4 heteroatoms. The van der Waals surface area contributed by atoms with Crippen LogP contribution in [-0.4, -0.2) is 12.5 Å². The Morgan fingerprint density at radius 2 is 2.05 bits per heavy atom. The molecule has 110 valence electrons. The fourth-order valence-corrected chi connectivity index (χ4v) is 1.99. The van der Waals surface area contributed by atoms with Crippen LogP contribution in [0.4, 0.5) is 11.4 Å². The summed E-state index contributed by atoms with van der Waals surface area (Å²) in [6.45, 7) is 3.98. The van der Waals surface area contributed by atoms with Crippen molar-refractivity contribution in [2.45, 2.75) is 20.3 Å². The van der Waals surface area contributed by atoms with Crippen LogP contribution in [0.25, 0.3) is 0 Å². The average molecular weight is 284 g/mol. The molecule has 0 saturated carbocycles. The van der Waals surface area contributed by atoms with E-state index in [9.17, 15) is 4.79 Å². The topological polar surface area (TPSA) is 64.3 Å². The molecule has 2 aromatic rings. The zero-order valence-corrected chi connectivity index (χ0v) is 12.3. The highest BCUT2D eigenvalue weighted by molar-refractivity contribution is 5.94. The average Bonchev–Trinajstić information content (AvgIpc) is 2.48. The summed E-state index contributed by atoms with van der Waals surface area (Å²) in [4.78, 5) is 11.9. The lowest BCUT2D eigenvalue weighted by Gasteiger charge is -2.10. The number of nitrogen functional groups attached to an aromatic ring is 1. The van der Waals surface area contributed by atoms with Gasteiger partial charge in [0.1, 0.15) is 5.75 Å². The summed E-state index contributed by atoms with van der Waals surface area (Å²) >= 11 is 0. The van der Waals surface area contributed by atoms with E-state index in [0.29, 0.717) is 17.1 Å². The molecule has 1 amide bonds. The van der Waals surface area contributed by atoms with Gasteiger partial charge >= 0.3 is 0 Å². The number of amides is 1. The minimum Gasteiger partial charge on any atom is -0.484 e. The van der Waals surface area contributed by atoms with E-state index in [2.05, 4.69) is 12.2 Å². The van der Waals surface area contributed by atoms with E-state index in [0.717, 1.165) is 12.0 Å². The fraction of sp³-hybridized carbons (Fsp3) is 0.235. The first-order chi connectivity index (χ1) is 10.1. The summed E-state index contributed by atoms with van der Waals surface area (Å²) in [5, 5.41) is 2.75. The maximum atomic E-state index is 11.9. The molecule has 0 aliphatic heterocycles. The molecule has 21 heavy (non-hydrogen) atoms. The normalized spacial score (nSPS) is 10.2. The van der Waals surface area contributed by atoms with E-state index in [-0.39, 0.29) is 12.5 Å². The minimum absolute atomic E-state index is 0.0412. The number of carbonyl (C=O) groups is 1. The molecule has 0 aliphatic rings. The summed E-state index contributed by atoms with van der Waals surface area (Å²) in [5.41, 5.74) is 9.25. The van der Waals surface area contributed by atoms with E-state index in [1.165, 1.54) is 5.56 Å². The third kappa shape index (κ3) is 4.24. The molecule has 0 atom stereocenters. The van der Waals surface area contributed by atoms with Gasteiger partial charge in [0.15, 0.2) is 6.61 Å². The highest BCUT2D eigenvalue weighted by Gasteiger charge is 2.06. The Hall–Kier alpha value is -2.49. The number of ether oxygens (including phenoxy) is 1. The lowest BCUT2D eigenvalue weighted by Crippen LogP contribution is -2.20. The molecule has 0 heterocycles. The molecule has 0 aromatic heterocycles. The number of carbonyl (C=O) groups excluding carboxylic acids is 1. The van der Waals surface area contributed by atoms with Crippen molar-refractivity contribution in [3.05, 3.63) is 53.6 Å². The number of nitrogens with two attached hydrogens (primary N) is 1. The molecule has 4 nitrogen and oxygen atoms in total. The molecule has 0 spiro atoms. The molecular weight excluding hydrogens is 264 g/mol. The predicted octanol–water partition coefficient (Wildman–Crippen LogP) is 3.16. The van der Waals surface area contributed by atoms with Gasteiger partial charge < -0.3 is 15.8 Å². The summed E-state index contributed by atoms with van der Waals surface area (Å²) in [6, 6.07) is 13.2. The minimum atomic E-state index is -0.229. The lowest BCUT2D eigenvalue weighted by molar-refractivity contribution is -0.118. The van der Waals surface area contributed by atoms with Gasteiger partial charge in [0.2, 0.25) is 0 Å². The van der Waals surface area contributed by atoms with Gasteiger partial charge in [-0.3, -0.25) is 4.79 Å². The zero-order valence-electron chi connectivity index (χ0n) is 12.3. The van der Waals surface area contributed by atoms with E-state index in [4.69, 9.17) is 10.5 Å². The highest BCUT2D eigenvalue weighted by Crippen LogP contribution is 2.19. The van der Waals surface area contributed by atoms with E-state index in [1.54, 1.807) is 6.07 Å². The zero-order chi connectivity index (χ0) is 15.2. The van der Waals surface area contributed by atoms with Crippen LogP contribution in [-0.2, 0) is 11.2 Å². The molecule has 0 fully saturated rings. The molecule has 0 radical (unpaired) electrons. The molecule has 2 rings (SSSR count). The van der Waals surface area contributed by atoms with Crippen LogP contribution < -0.4 is 15.8 Å². The smallest absolute Gasteiger partial charge is 0.262 e. The second-order valence-electron chi connectivity index (χ2n) is 4.93. The number of hydrogen-bond acceptors (Lipinski definition) is 3. The van der Waals surface area contributed by atoms with Gasteiger partial charge in [-0.25, -0.2) is 0 Å². The van der Waals surface area contributed by atoms with E-state index >= 15 is 0 Å². The Balaban J connectivity index is 1.92. The summed E-state index contributed by atoms with van der Waals surface area (Å²) in [7, 11) is 0. The summed E-state index contributed by atoms with van der Waals surface area (Å²) in [6.07, 6.45) is 0.934. The van der Waals surface area contributed by atoms with Crippen molar-refractivity contribution in [3.63, 3.8) is 0 Å². The Morgan fingerprint density at radius 3 is 2.76 bits per heavy atom. The molecule has 0 aliphatic carbocycles. The maximum Gasteiger partial charge on any atom is 0.262 e. The number of hydrogen-bond donors (Lipinski definition) is 2. The Bertz CT molecular complexity index is 638. The Kier molecular flexibility index (Phi) is 4.82. The first-order valence-corrected chi connectivity index (χ1v) is 6.96. The number of benzene rings is 2. The van der Waals surface area contributed by atoms with Crippen LogP contribution in [0.1, 0.15) is 18.1 Å². The van der Waals surface area contributed by atoms with Gasteiger partial charge in [0.25, 0.3) is 5.91 Å². The van der Waals surface area contributed by atoms with Gasteiger partial charge in [0.05, 0.1) is 11.4 Å². The number of anilines is 2. The van der Waals surface area contributed by atoms with E-state index in [1.807, 2.05) is 43.3 Å². The quantitative estimate of drug-likeness (QED) is 0.829. The van der Waals surface area contributed by atoms with Crippen LogP contribution >= 0.6 is 0 Å². The third-order valence-electron chi connectivity index (χ3n) is 3.16. The highest BCUT2D eigenvalue weighted by atomic mass is 16.5. The van der Waals surface area contributed by atoms with Gasteiger partial charge in [-0.2, -0.15) is 0 Å². The van der Waals surface area contributed by atoms with Gasteiger partial charge in [-0.1, -0.05) is 25.1 Å². The Labute approximate surface area is 124 Å². The molecule has 0 bridgehead atoms. The van der Waals surface area contributed by atoms with Crippen LogP contribution in [0.3, 0.4) is 0 Å². The van der Waals surface area contributed by atoms with Crippen LogP contribution in [0.5, 0.6) is 5.75 Å². The van der Waals surface area contributed by atoms with Crippen molar-refractivity contribution in [1.29, 1.82) is 0 Å². The predicted molar refractivity (Wildman–Crippen MR) is 85.5 cm³/mol. The second-order valence-corrected chi connectivity index (χ2v) is 4.93. The van der Waals surface area contributed by atoms with Gasteiger partial charge in [-0.05, 0) is 48.7 Å². The van der Waals surface area contributed by atoms with Crippen LogP contribution in [0.15, 0.2) is 42.5 Å². The third-order valence-corrected chi connectivity index (χ3v) is 3.16. The van der Waals surface area contributed by atoms with Crippen LogP contribution in [0.2, 0.25) is 0 Å². The van der Waals surface area contributed by atoms with Crippen molar-refractivity contribution in [2.24, 2.45) is 0 Å². The standard InChI is InChI=1S/C17H20N2O2/c1-3-13-5-4-6-14(10-13)21-11-17(20)19-16-8-7-12(2)9-15(16)18/h4-10H,3,11,18H2,1-2H3,(H,19,20). The van der Waals surface area contributed by atoms with Crippen molar-refractivity contribution in [1.82, 2.24) is 0 Å². The number of rotatable bonds is 5. The lowest BCUT2D eigenvalue weighted by atomic mass is 10.2. The number of aryl methyl sites for hydroxylation is 2. The van der Waals surface area contributed by atoms with E-state index < -0.39 is 0 Å². The first kappa shape index (κ1) is 14.9. The van der Waals surface area contributed by atoms with Crippen molar-refractivity contribution in [2.75, 3.05) is 17.7 Å². The monoisotopic (exact) mass is 284 g/mol. The number of nitrogens with one attached hydrogen (secondary N) is 1. The Morgan fingerprint density at radius 1 is 1.24 bits per heavy atom. The largest absolute Gasteiger partial charge is 0.484 e. The first-order valence-electron chi connectivity index (χ1n) is 6.96. The second kappa shape index (κ2) is 6.79. The van der Waals surface area contributed by atoms with Gasteiger partial charge in [0, 0.05) is 0 Å². The van der Waals surface area contributed by atoms with Crippen molar-refractivity contribution in [3.8, 4) is 5.75 Å². The molecule has 0 unspecified atom stereocenters.